The van der Waals surface area contributed by atoms with E-state index in [1.807, 2.05) is 62.4 Å². The summed E-state index contributed by atoms with van der Waals surface area (Å²) < 4.78 is 27.5. The summed E-state index contributed by atoms with van der Waals surface area (Å²) in [6, 6.07) is 19.3. The second-order valence-electron chi connectivity index (χ2n) is 8.74. The molecule has 0 heterocycles. The number of amides is 2. The lowest BCUT2D eigenvalue weighted by molar-refractivity contribution is -0.140. The first-order valence-corrected chi connectivity index (χ1v) is 13.2. The van der Waals surface area contributed by atoms with E-state index in [0.29, 0.717) is 6.54 Å². The molecule has 3 aromatic rings. The Bertz CT molecular complexity index is 1290. The number of carbonyl (C=O) groups excluding carboxylic acids is 2. The van der Waals surface area contributed by atoms with Crippen molar-refractivity contribution in [2.75, 3.05) is 20.1 Å². The summed E-state index contributed by atoms with van der Waals surface area (Å²) in [5, 5.41) is 4.56. The molecule has 0 aliphatic rings. The molecule has 0 radical (unpaired) electrons. The molecule has 0 aromatic heterocycles. The molecule has 35 heavy (non-hydrogen) atoms. The van der Waals surface area contributed by atoms with Crippen LogP contribution in [0.5, 0.6) is 0 Å². The maximum absolute atomic E-state index is 13.4. The zero-order valence-corrected chi connectivity index (χ0v) is 21.5. The standard InChI is InChI=1S/C27H33N3O4S/c1-5-16-28-27(32)21(3)30(18-22-12-10-20(2)11-13-22)26(31)19-29(4)35(33,34)25-15-14-23-8-6-7-9-24(23)17-25/h6-15,17,21H,5,16,18-19H2,1-4H3,(H,28,32)/t21-/m0/s1. The lowest BCUT2D eigenvalue weighted by atomic mass is 10.1. The highest BCUT2D eigenvalue weighted by Gasteiger charge is 2.30. The van der Waals surface area contributed by atoms with E-state index in [9.17, 15) is 18.0 Å². The predicted octanol–water partition coefficient (Wildman–Crippen LogP) is 3.71. The van der Waals surface area contributed by atoms with Crippen molar-refractivity contribution >= 4 is 32.6 Å². The smallest absolute Gasteiger partial charge is 0.243 e. The molecule has 1 atom stereocenters. The summed E-state index contributed by atoms with van der Waals surface area (Å²) in [5.41, 5.74) is 1.95. The van der Waals surface area contributed by atoms with Gasteiger partial charge in [-0.2, -0.15) is 4.31 Å². The van der Waals surface area contributed by atoms with Crippen LogP contribution in [0.2, 0.25) is 0 Å². The molecule has 0 fully saturated rings. The Labute approximate surface area is 207 Å². The molecule has 3 aromatic carbocycles. The van der Waals surface area contributed by atoms with Crippen molar-refractivity contribution in [3.63, 3.8) is 0 Å². The van der Waals surface area contributed by atoms with Gasteiger partial charge in [-0.15, -0.1) is 0 Å². The number of hydrogen-bond acceptors (Lipinski definition) is 4. The van der Waals surface area contributed by atoms with Crippen molar-refractivity contribution in [1.29, 1.82) is 0 Å². The molecule has 0 bridgehead atoms. The van der Waals surface area contributed by atoms with Crippen LogP contribution in [0.4, 0.5) is 0 Å². The Hall–Kier alpha value is -3.23. The number of rotatable bonds is 10. The summed E-state index contributed by atoms with van der Waals surface area (Å²) in [6.07, 6.45) is 0.775. The first-order valence-electron chi connectivity index (χ1n) is 11.7. The lowest BCUT2D eigenvalue weighted by Gasteiger charge is -2.30. The van der Waals surface area contributed by atoms with Gasteiger partial charge in [-0.05, 0) is 48.7 Å². The molecule has 0 unspecified atom stereocenters. The number of carbonyl (C=O) groups is 2. The number of likely N-dealkylation sites (N-methyl/N-ethyl adjacent to an activating group) is 1. The monoisotopic (exact) mass is 495 g/mol. The molecular weight excluding hydrogens is 462 g/mol. The molecule has 7 nitrogen and oxygen atoms in total. The first kappa shape index (κ1) is 26.4. The van der Waals surface area contributed by atoms with Gasteiger partial charge in [0, 0.05) is 20.1 Å². The van der Waals surface area contributed by atoms with Crippen molar-refractivity contribution in [3.05, 3.63) is 77.9 Å². The highest BCUT2D eigenvalue weighted by Crippen LogP contribution is 2.22. The largest absolute Gasteiger partial charge is 0.354 e. The normalized spacial score (nSPS) is 12.5. The van der Waals surface area contributed by atoms with Gasteiger partial charge in [-0.1, -0.05) is 67.1 Å². The topological polar surface area (TPSA) is 86.8 Å². The van der Waals surface area contributed by atoms with E-state index in [1.54, 1.807) is 25.1 Å². The van der Waals surface area contributed by atoms with Gasteiger partial charge in [-0.25, -0.2) is 8.42 Å². The average molecular weight is 496 g/mol. The zero-order valence-electron chi connectivity index (χ0n) is 20.7. The number of sulfonamides is 1. The Balaban J connectivity index is 1.83. The van der Waals surface area contributed by atoms with Crippen molar-refractivity contribution in [2.24, 2.45) is 0 Å². The van der Waals surface area contributed by atoms with E-state index in [2.05, 4.69) is 5.32 Å². The highest BCUT2D eigenvalue weighted by molar-refractivity contribution is 7.89. The lowest BCUT2D eigenvalue weighted by Crippen LogP contribution is -2.50. The second kappa shape index (κ2) is 11.5. The minimum atomic E-state index is -3.91. The number of nitrogens with zero attached hydrogens (tertiary/aromatic N) is 2. The highest BCUT2D eigenvalue weighted by atomic mass is 32.2. The van der Waals surface area contributed by atoms with E-state index < -0.39 is 22.0 Å². The fraction of sp³-hybridized carbons (Fsp3) is 0.333. The molecule has 186 valence electrons. The van der Waals surface area contributed by atoms with Crippen molar-refractivity contribution in [1.82, 2.24) is 14.5 Å². The third-order valence-corrected chi connectivity index (χ3v) is 7.78. The van der Waals surface area contributed by atoms with Crippen LogP contribution in [-0.4, -0.2) is 55.6 Å². The summed E-state index contributed by atoms with van der Waals surface area (Å²) in [6.45, 7) is 5.91. The molecule has 0 spiro atoms. The van der Waals surface area contributed by atoms with Crippen LogP contribution in [0.15, 0.2) is 71.6 Å². The number of aryl methyl sites for hydroxylation is 1. The van der Waals surface area contributed by atoms with Crippen LogP contribution in [-0.2, 0) is 26.2 Å². The second-order valence-corrected chi connectivity index (χ2v) is 10.8. The number of hydrogen-bond donors (Lipinski definition) is 1. The fourth-order valence-electron chi connectivity index (χ4n) is 3.74. The van der Waals surface area contributed by atoms with Gasteiger partial charge in [0.15, 0.2) is 0 Å². The summed E-state index contributed by atoms with van der Waals surface area (Å²) >= 11 is 0. The van der Waals surface area contributed by atoms with Crippen LogP contribution >= 0.6 is 0 Å². The molecule has 0 saturated carbocycles. The van der Waals surface area contributed by atoms with Crippen LogP contribution in [0.3, 0.4) is 0 Å². The molecule has 1 N–H and O–H groups in total. The minimum Gasteiger partial charge on any atom is -0.354 e. The van der Waals surface area contributed by atoms with Crippen molar-refractivity contribution < 1.29 is 18.0 Å². The fourth-order valence-corrected chi connectivity index (χ4v) is 4.90. The molecule has 0 aliphatic heterocycles. The Morgan fingerprint density at radius 2 is 1.63 bits per heavy atom. The molecule has 0 saturated heterocycles. The van der Waals surface area contributed by atoms with E-state index in [-0.39, 0.29) is 23.9 Å². The Morgan fingerprint density at radius 3 is 2.29 bits per heavy atom. The van der Waals surface area contributed by atoms with E-state index in [4.69, 9.17) is 0 Å². The Morgan fingerprint density at radius 1 is 0.971 bits per heavy atom. The molecule has 8 heteroatoms. The van der Waals surface area contributed by atoms with E-state index >= 15 is 0 Å². The minimum absolute atomic E-state index is 0.116. The SMILES string of the molecule is CCCNC(=O)[C@H](C)N(Cc1ccc(C)cc1)C(=O)CN(C)S(=O)(=O)c1ccc2ccccc2c1. The first-order chi connectivity index (χ1) is 16.6. The van der Waals surface area contributed by atoms with Gasteiger partial charge in [0.1, 0.15) is 6.04 Å². The number of nitrogens with one attached hydrogen (secondary N) is 1. The van der Waals surface area contributed by atoms with Gasteiger partial charge >= 0.3 is 0 Å². The van der Waals surface area contributed by atoms with Crippen molar-refractivity contribution in [2.45, 2.75) is 44.7 Å². The van der Waals surface area contributed by atoms with Crippen molar-refractivity contribution in [3.8, 4) is 0 Å². The average Bonchev–Trinajstić information content (AvgIpc) is 2.85. The van der Waals surface area contributed by atoms with Gasteiger partial charge in [0.25, 0.3) is 0 Å². The molecular formula is C27H33N3O4S. The zero-order chi connectivity index (χ0) is 25.6. The third-order valence-electron chi connectivity index (χ3n) is 5.98. The van der Waals surface area contributed by atoms with Crippen LogP contribution in [0, 0.1) is 6.92 Å². The van der Waals surface area contributed by atoms with Gasteiger partial charge in [0.2, 0.25) is 21.8 Å². The Kier molecular flexibility index (Phi) is 8.64. The number of fused-ring (bicyclic) bond motifs is 1. The summed E-state index contributed by atoms with van der Waals surface area (Å²) in [4.78, 5) is 27.6. The quantitative estimate of drug-likeness (QED) is 0.465. The van der Waals surface area contributed by atoms with Gasteiger partial charge in [0.05, 0.1) is 11.4 Å². The molecule has 2 amide bonds. The maximum Gasteiger partial charge on any atom is 0.243 e. The maximum atomic E-state index is 13.4. The van der Waals surface area contributed by atoms with E-state index in [0.717, 1.165) is 32.6 Å². The van der Waals surface area contributed by atoms with Crippen LogP contribution < -0.4 is 5.32 Å². The summed E-state index contributed by atoms with van der Waals surface area (Å²) in [5.74, 6) is -0.719. The predicted molar refractivity (Wildman–Crippen MR) is 138 cm³/mol. The molecule has 0 aliphatic carbocycles. The number of benzene rings is 3. The van der Waals surface area contributed by atoms with Crippen LogP contribution in [0.25, 0.3) is 10.8 Å². The van der Waals surface area contributed by atoms with Gasteiger partial charge in [-0.3, -0.25) is 9.59 Å². The van der Waals surface area contributed by atoms with Crippen LogP contribution in [0.1, 0.15) is 31.4 Å². The molecule has 3 rings (SSSR count). The summed E-state index contributed by atoms with van der Waals surface area (Å²) in [7, 11) is -2.53. The van der Waals surface area contributed by atoms with E-state index in [1.165, 1.54) is 11.9 Å². The van der Waals surface area contributed by atoms with Gasteiger partial charge < -0.3 is 10.2 Å². The third kappa shape index (κ3) is 6.46.